The molecule has 0 rings (SSSR count). The summed E-state index contributed by atoms with van der Waals surface area (Å²) in [5.41, 5.74) is 0. The molecule has 2 radical (unpaired) electrons. The van der Waals surface area contributed by atoms with Crippen molar-refractivity contribution in [3.8, 4) is 0 Å². The average molecular weight is 222 g/mol. The van der Waals surface area contributed by atoms with Gasteiger partial charge in [-0.05, 0) is 6.04 Å². The van der Waals surface area contributed by atoms with Crippen molar-refractivity contribution >= 4 is 47.4 Å². The fourth-order valence-electron chi connectivity index (χ4n) is 0.0357. The van der Waals surface area contributed by atoms with Gasteiger partial charge in [0, 0.05) is 11.7 Å². The smallest absolute Gasteiger partial charge is 0.171 e. The van der Waals surface area contributed by atoms with E-state index in [-0.39, 0.29) is 0 Å². The fourth-order valence-corrected chi connectivity index (χ4v) is 1.67. The van der Waals surface area contributed by atoms with Gasteiger partial charge in [0.2, 0.25) is 0 Å². The summed E-state index contributed by atoms with van der Waals surface area (Å²) in [7, 11) is 0.583. The molecule has 0 fully saturated rings. The minimum Gasteiger partial charge on any atom is -0.171 e. The van der Waals surface area contributed by atoms with Gasteiger partial charge in [-0.1, -0.05) is 15.9 Å². The molecule has 0 aliphatic rings. The molecule has 44 valence electrons. The third-order valence-corrected chi connectivity index (χ3v) is 2.32. The van der Waals surface area contributed by atoms with Crippen molar-refractivity contribution in [2.45, 2.75) is 6.04 Å². The molecule has 0 unspecified atom stereocenters. The Balaban J connectivity index is 0. The summed E-state index contributed by atoms with van der Waals surface area (Å²) in [4.78, 5) is 0. The van der Waals surface area contributed by atoms with E-state index in [2.05, 4.69) is 27.5 Å². The van der Waals surface area contributed by atoms with Crippen molar-refractivity contribution in [1.82, 2.24) is 0 Å². The first-order valence-electron chi connectivity index (χ1n) is 1.69. The molecule has 0 atom stereocenters. The molecule has 0 heterocycles. The van der Waals surface area contributed by atoms with Gasteiger partial charge in [0.15, 0.2) is 8.83 Å². The molecule has 0 bridgehead atoms. The second kappa shape index (κ2) is 15.7. The Morgan fingerprint density at radius 3 is 2.00 bits per heavy atom. The Morgan fingerprint density at radius 2 is 2.00 bits per heavy atom. The topological polar surface area (TPSA) is 0 Å². The highest BCUT2D eigenvalue weighted by atomic mass is 79.9. The molecule has 0 aromatic rings. The van der Waals surface area contributed by atoms with Crippen molar-refractivity contribution in [2.24, 2.45) is 0 Å². The van der Waals surface area contributed by atoms with E-state index >= 15 is 0 Å². The van der Waals surface area contributed by atoms with Crippen LogP contribution in [0.5, 0.6) is 0 Å². The van der Waals surface area contributed by atoms with Crippen LogP contribution in [0.1, 0.15) is 0 Å². The average Bonchev–Trinajstić information content (AvgIpc) is 1.75. The Bertz CT molecular complexity index is 20.4. The second-order valence-electron chi connectivity index (χ2n) is 0.573. The third kappa shape index (κ3) is 18.9. The van der Waals surface area contributed by atoms with Gasteiger partial charge < -0.3 is 0 Å². The lowest BCUT2D eigenvalue weighted by Gasteiger charge is -1.73. The number of hydrogen-bond donors (Lipinski definition) is 0. The van der Waals surface area contributed by atoms with Gasteiger partial charge in [0.1, 0.15) is 0 Å². The molecule has 0 saturated carbocycles. The van der Waals surface area contributed by atoms with Crippen LogP contribution in [0.4, 0.5) is 0 Å². The number of rotatable bonds is 2. The van der Waals surface area contributed by atoms with Gasteiger partial charge in [-0.3, -0.25) is 0 Å². The minimum atomic E-state index is 0.583. The lowest BCUT2D eigenvalue weighted by Crippen LogP contribution is -1.73. The molecule has 0 aliphatic carbocycles. The Labute approximate surface area is 65.2 Å². The Kier molecular flexibility index (Phi) is 24.9. The summed E-state index contributed by atoms with van der Waals surface area (Å²) in [5, 5.41) is 1.04. The molecule has 0 aromatic heterocycles. The summed E-state index contributed by atoms with van der Waals surface area (Å²) in [6.45, 7) is 0. The number of alkyl halides is 2. The quantitative estimate of drug-likeness (QED) is 0.382. The lowest BCUT2D eigenvalue weighted by atomic mass is 11.0. The highest BCUT2D eigenvalue weighted by Gasteiger charge is 1.75. The van der Waals surface area contributed by atoms with Crippen molar-refractivity contribution in [2.75, 3.05) is 11.7 Å². The zero-order chi connectivity index (χ0) is 6.12. The summed E-state index contributed by atoms with van der Waals surface area (Å²) in [5.74, 6) is 0. The van der Waals surface area contributed by atoms with E-state index in [1.54, 1.807) is 0 Å². The third-order valence-electron chi connectivity index (χ3n) is 0.189. The van der Waals surface area contributed by atoms with E-state index < -0.39 is 0 Å². The van der Waals surface area contributed by atoms with Gasteiger partial charge in [0.25, 0.3) is 0 Å². The first-order valence-corrected chi connectivity index (χ1v) is 5.78. The van der Waals surface area contributed by atoms with Gasteiger partial charge in [-0.2, -0.15) is 11.1 Å². The first kappa shape index (κ1) is 11.1. The van der Waals surface area contributed by atoms with Crippen LogP contribution in [-0.2, 0) is 0 Å². The van der Waals surface area contributed by atoms with E-state index in [4.69, 9.17) is 11.1 Å². The van der Waals surface area contributed by atoms with Gasteiger partial charge in [-0.15, -0.1) is 11.6 Å². The maximum Gasteiger partial charge on any atom is 0.172 e. The van der Waals surface area contributed by atoms with E-state index in [1.807, 2.05) is 0 Å². The zero-order valence-corrected chi connectivity index (χ0v) is 8.15. The predicted molar refractivity (Wildman–Crippen MR) is 42.0 cm³/mol. The van der Waals surface area contributed by atoms with Crippen LogP contribution in [0.2, 0.25) is 6.04 Å². The maximum absolute atomic E-state index is 5.30. The Morgan fingerprint density at radius 1 is 1.57 bits per heavy atom. The van der Waals surface area contributed by atoms with E-state index in [1.165, 1.54) is 6.38 Å². The predicted octanol–water partition coefficient (Wildman–Crippen LogP) is 2.51. The molecule has 0 nitrogen and oxygen atoms in total. The molecule has 7 heavy (non-hydrogen) atoms. The summed E-state index contributed by atoms with van der Waals surface area (Å²) >= 11 is 13.2. The SMILES string of the molecule is CCl.Cl[Si]CCBr. The van der Waals surface area contributed by atoms with Gasteiger partial charge in [0.05, 0.1) is 0 Å². The van der Waals surface area contributed by atoms with E-state index in [0.29, 0.717) is 8.83 Å². The number of hydrogen-bond acceptors (Lipinski definition) is 0. The molecule has 0 N–H and O–H groups in total. The molecule has 0 aliphatic heterocycles. The summed E-state index contributed by atoms with van der Waals surface area (Å²) in [6.07, 6.45) is 1.47. The summed E-state index contributed by atoms with van der Waals surface area (Å²) < 4.78 is 0. The zero-order valence-electron chi connectivity index (χ0n) is 4.05. The van der Waals surface area contributed by atoms with Crippen LogP contribution < -0.4 is 0 Å². The van der Waals surface area contributed by atoms with E-state index in [0.717, 1.165) is 11.4 Å². The highest BCUT2D eigenvalue weighted by Crippen LogP contribution is 1.86. The van der Waals surface area contributed by atoms with Crippen molar-refractivity contribution in [3.05, 3.63) is 0 Å². The molecule has 0 aromatic carbocycles. The highest BCUT2D eigenvalue weighted by molar-refractivity contribution is 9.09. The number of halogens is 3. The molecular weight excluding hydrogens is 215 g/mol. The molecule has 0 amide bonds. The maximum atomic E-state index is 5.30. The standard InChI is InChI=1S/C2H4BrClSi.CH3Cl/c3-1-2-5-4;1-2/h1-2H2;1H3. The normalized spacial score (nSPS) is 6.86. The molecule has 0 saturated heterocycles. The van der Waals surface area contributed by atoms with Crippen molar-refractivity contribution in [1.29, 1.82) is 0 Å². The van der Waals surface area contributed by atoms with Crippen LogP contribution in [0.25, 0.3) is 0 Å². The molecule has 4 heteroatoms. The van der Waals surface area contributed by atoms with Crippen LogP contribution in [0.3, 0.4) is 0 Å². The lowest BCUT2D eigenvalue weighted by molar-refractivity contribution is 1.53. The summed E-state index contributed by atoms with van der Waals surface area (Å²) in [6, 6.07) is 1.10. The van der Waals surface area contributed by atoms with Crippen LogP contribution in [0, 0.1) is 0 Å². The monoisotopic (exact) mass is 220 g/mol. The van der Waals surface area contributed by atoms with Gasteiger partial charge in [-0.25, -0.2) is 0 Å². The van der Waals surface area contributed by atoms with E-state index in [9.17, 15) is 0 Å². The largest absolute Gasteiger partial charge is 0.172 e. The van der Waals surface area contributed by atoms with Crippen LogP contribution in [-0.4, -0.2) is 20.5 Å². The van der Waals surface area contributed by atoms with Crippen LogP contribution in [0.15, 0.2) is 0 Å². The van der Waals surface area contributed by atoms with Crippen molar-refractivity contribution in [3.63, 3.8) is 0 Å². The first-order chi connectivity index (χ1) is 3.41. The Hall–Kier alpha value is 1.28. The minimum absolute atomic E-state index is 0.583. The van der Waals surface area contributed by atoms with Gasteiger partial charge >= 0.3 is 0 Å². The fraction of sp³-hybridized carbons (Fsp3) is 1.00. The molecule has 0 spiro atoms. The van der Waals surface area contributed by atoms with Crippen molar-refractivity contribution < 1.29 is 0 Å². The van der Waals surface area contributed by atoms with Crippen LogP contribution >= 0.6 is 38.6 Å². The molecular formula is C3H7BrCl2Si. The second-order valence-corrected chi connectivity index (χ2v) is 2.93.